The molecule has 4 nitrogen and oxygen atoms in total. The lowest BCUT2D eigenvalue weighted by molar-refractivity contribution is -0.207. The molecule has 25 heavy (non-hydrogen) atoms. The van der Waals surface area contributed by atoms with Gasteiger partial charge >= 0.3 is 0 Å². The number of fused-ring (bicyclic) bond motifs is 1. The molecule has 0 aromatic heterocycles. The normalized spacial score (nSPS) is 15.8. The van der Waals surface area contributed by atoms with Gasteiger partial charge in [-0.15, -0.1) is 0 Å². The minimum absolute atomic E-state index is 0.155. The first-order chi connectivity index (χ1) is 11.8. The molecule has 0 amide bonds. The Hall–Kier alpha value is -1.82. The molecule has 132 valence electrons. The Kier molecular flexibility index (Phi) is 4.66. The summed E-state index contributed by atoms with van der Waals surface area (Å²) in [6, 6.07) is 14.7. The summed E-state index contributed by atoms with van der Waals surface area (Å²) < 4.78 is 11.0. The number of methoxy groups -OCH3 is 2. The van der Waals surface area contributed by atoms with Crippen LogP contribution in [0.2, 0.25) is 0 Å². The molecule has 1 heterocycles. The van der Waals surface area contributed by atoms with Crippen molar-refractivity contribution in [1.29, 1.82) is 0 Å². The van der Waals surface area contributed by atoms with Gasteiger partial charge < -0.3 is 15.2 Å². The van der Waals surface area contributed by atoms with Gasteiger partial charge in [0.25, 0.3) is 5.91 Å². The molecule has 0 saturated heterocycles. The molecule has 0 spiro atoms. The molecule has 0 aliphatic carbocycles. The molecule has 0 bridgehead atoms. The number of rotatable bonds is 4. The number of hydrogen-bond acceptors (Lipinski definition) is 5. The van der Waals surface area contributed by atoms with Crippen LogP contribution in [0.25, 0.3) is 0 Å². The van der Waals surface area contributed by atoms with Crippen LogP contribution in [0.3, 0.4) is 0 Å². The summed E-state index contributed by atoms with van der Waals surface area (Å²) in [6.45, 7) is 6.65. The maximum atomic E-state index is 6.02. The summed E-state index contributed by atoms with van der Waals surface area (Å²) in [5.74, 6) is -0.712. The quantitative estimate of drug-likeness (QED) is 0.832. The van der Waals surface area contributed by atoms with E-state index >= 15 is 0 Å². The summed E-state index contributed by atoms with van der Waals surface area (Å²) in [4.78, 5) is 6.62. The van der Waals surface area contributed by atoms with Gasteiger partial charge in [-0.2, -0.15) is 0 Å². The SMILES string of the molecule is COC1(OC)N=C(N)c2ccc(Sc3ccc(C(C)(C)C)cc3)cc21. The Morgan fingerprint density at radius 3 is 2.12 bits per heavy atom. The average Bonchev–Trinajstić information content (AvgIpc) is 2.87. The third-order valence-corrected chi connectivity index (χ3v) is 5.38. The number of nitrogens with two attached hydrogens (primary N) is 1. The maximum Gasteiger partial charge on any atom is 0.300 e. The van der Waals surface area contributed by atoms with E-state index < -0.39 is 5.91 Å². The van der Waals surface area contributed by atoms with Crippen molar-refractivity contribution in [2.45, 2.75) is 41.9 Å². The smallest absolute Gasteiger partial charge is 0.300 e. The number of nitrogens with zero attached hydrogens (tertiary/aromatic N) is 1. The molecule has 2 aromatic rings. The number of ether oxygens (including phenoxy) is 2. The van der Waals surface area contributed by atoms with E-state index in [1.165, 1.54) is 10.5 Å². The van der Waals surface area contributed by atoms with Gasteiger partial charge in [0, 0.05) is 35.1 Å². The summed E-state index contributed by atoms with van der Waals surface area (Å²) in [6.07, 6.45) is 0. The van der Waals surface area contributed by atoms with E-state index in [1.54, 1.807) is 26.0 Å². The highest BCUT2D eigenvalue weighted by Crippen LogP contribution is 2.39. The van der Waals surface area contributed by atoms with E-state index in [1.807, 2.05) is 18.2 Å². The van der Waals surface area contributed by atoms with Crippen molar-refractivity contribution < 1.29 is 9.47 Å². The number of hydrogen-bond donors (Lipinski definition) is 1. The molecule has 1 aliphatic heterocycles. The molecule has 0 fully saturated rings. The molecular weight excluding hydrogens is 332 g/mol. The van der Waals surface area contributed by atoms with E-state index in [-0.39, 0.29) is 5.41 Å². The van der Waals surface area contributed by atoms with Gasteiger partial charge in [-0.25, -0.2) is 4.99 Å². The minimum atomic E-state index is -1.15. The second-order valence-corrected chi connectivity index (χ2v) is 8.22. The zero-order valence-electron chi connectivity index (χ0n) is 15.3. The largest absolute Gasteiger partial charge is 0.383 e. The first-order valence-electron chi connectivity index (χ1n) is 8.18. The van der Waals surface area contributed by atoms with Crippen molar-refractivity contribution in [3.8, 4) is 0 Å². The van der Waals surface area contributed by atoms with Crippen molar-refractivity contribution in [3.05, 3.63) is 59.2 Å². The van der Waals surface area contributed by atoms with Gasteiger partial charge in [-0.05, 0) is 41.3 Å². The predicted octanol–water partition coefficient (Wildman–Crippen LogP) is 4.26. The Balaban J connectivity index is 1.89. The van der Waals surface area contributed by atoms with Crippen LogP contribution in [-0.4, -0.2) is 20.1 Å². The van der Waals surface area contributed by atoms with Crippen LogP contribution in [0.4, 0.5) is 0 Å². The van der Waals surface area contributed by atoms with Crippen LogP contribution in [0.5, 0.6) is 0 Å². The molecule has 5 heteroatoms. The van der Waals surface area contributed by atoms with Crippen LogP contribution in [0.1, 0.15) is 37.5 Å². The summed E-state index contributed by atoms with van der Waals surface area (Å²) in [7, 11) is 3.14. The molecule has 0 atom stereocenters. The Morgan fingerprint density at radius 1 is 0.960 bits per heavy atom. The van der Waals surface area contributed by atoms with Gasteiger partial charge in [0.05, 0.1) is 0 Å². The summed E-state index contributed by atoms with van der Waals surface area (Å²) >= 11 is 1.69. The molecule has 0 saturated carbocycles. The van der Waals surface area contributed by atoms with E-state index in [4.69, 9.17) is 15.2 Å². The molecule has 3 rings (SSSR count). The minimum Gasteiger partial charge on any atom is -0.383 e. The molecule has 1 aliphatic rings. The predicted molar refractivity (Wildman–Crippen MR) is 102 cm³/mol. The molecule has 2 aromatic carbocycles. The first kappa shape index (κ1) is 18.0. The van der Waals surface area contributed by atoms with Gasteiger partial charge in [0.2, 0.25) is 0 Å². The van der Waals surface area contributed by atoms with Crippen LogP contribution in [0.15, 0.2) is 57.2 Å². The summed E-state index contributed by atoms with van der Waals surface area (Å²) in [5, 5.41) is 0. The fourth-order valence-electron chi connectivity index (χ4n) is 2.90. The van der Waals surface area contributed by atoms with Crippen molar-refractivity contribution in [1.82, 2.24) is 0 Å². The van der Waals surface area contributed by atoms with Crippen molar-refractivity contribution in [2.24, 2.45) is 10.7 Å². The Labute approximate surface area is 153 Å². The summed E-state index contributed by atoms with van der Waals surface area (Å²) in [5.41, 5.74) is 9.19. The Bertz CT molecular complexity index is 803. The maximum absolute atomic E-state index is 6.02. The monoisotopic (exact) mass is 356 g/mol. The fraction of sp³-hybridized carbons (Fsp3) is 0.350. The van der Waals surface area contributed by atoms with Gasteiger partial charge in [0.1, 0.15) is 5.84 Å². The first-order valence-corrected chi connectivity index (χ1v) is 8.99. The van der Waals surface area contributed by atoms with E-state index in [9.17, 15) is 0 Å². The third-order valence-electron chi connectivity index (χ3n) is 4.38. The fourth-order valence-corrected chi connectivity index (χ4v) is 3.76. The molecule has 0 unspecified atom stereocenters. The van der Waals surface area contributed by atoms with Crippen molar-refractivity contribution >= 4 is 17.6 Å². The van der Waals surface area contributed by atoms with Gasteiger partial charge in [-0.1, -0.05) is 44.7 Å². The third kappa shape index (κ3) is 3.32. The highest BCUT2D eigenvalue weighted by molar-refractivity contribution is 7.99. The second-order valence-electron chi connectivity index (χ2n) is 7.07. The second kappa shape index (κ2) is 6.48. The molecular formula is C20H24N2O2S. The molecule has 0 radical (unpaired) electrons. The van der Waals surface area contributed by atoms with Crippen molar-refractivity contribution in [3.63, 3.8) is 0 Å². The highest BCUT2D eigenvalue weighted by Gasteiger charge is 2.40. The van der Waals surface area contributed by atoms with Gasteiger partial charge in [0.15, 0.2) is 0 Å². The lowest BCUT2D eigenvalue weighted by Gasteiger charge is -2.23. The van der Waals surface area contributed by atoms with E-state index in [0.717, 1.165) is 16.0 Å². The van der Waals surface area contributed by atoms with Gasteiger partial charge in [-0.3, -0.25) is 0 Å². The van der Waals surface area contributed by atoms with Crippen LogP contribution in [-0.2, 0) is 20.8 Å². The zero-order valence-corrected chi connectivity index (χ0v) is 16.1. The van der Waals surface area contributed by atoms with Crippen LogP contribution >= 0.6 is 11.8 Å². The van der Waals surface area contributed by atoms with Crippen LogP contribution < -0.4 is 5.73 Å². The number of benzene rings is 2. The highest BCUT2D eigenvalue weighted by atomic mass is 32.2. The average molecular weight is 356 g/mol. The number of amidine groups is 1. The van der Waals surface area contributed by atoms with Crippen LogP contribution in [0, 0.1) is 0 Å². The number of aliphatic imine (C=N–C) groups is 1. The van der Waals surface area contributed by atoms with Crippen molar-refractivity contribution in [2.75, 3.05) is 14.2 Å². The zero-order chi connectivity index (χ0) is 18.2. The molecule has 2 N–H and O–H groups in total. The lowest BCUT2D eigenvalue weighted by Crippen LogP contribution is -2.26. The van der Waals surface area contributed by atoms with E-state index in [0.29, 0.717) is 5.84 Å². The topological polar surface area (TPSA) is 56.8 Å². The Morgan fingerprint density at radius 2 is 1.56 bits per heavy atom. The lowest BCUT2D eigenvalue weighted by atomic mass is 9.87. The standard InChI is InChI=1S/C20H24N2O2S/c1-19(2,3)13-6-8-14(9-7-13)25-15-10-11-16-17(12-15)20(23-4,24-5)22-18(16)21/h6-12H,1-5H3,(H2,21,22). The van der Waals surface area contributed by atoms with E-state index in [2.05, 4.69) is 50.0 Å².